The van der Waals surface area contributed by atoms with Crippen LogP contribution in [0.2, 0.25) is 0 Å². The van der Waals surface area contributed by atoms with Crippen molar-refractivity contribution in [1.82, 2.24) is 0 Å². The van der Waals surface area contributed by atoms with E-state index in [9.17, 15) is 4.79 Å². The van der Waals surface area contributed by atoms with Crippen molar-refractivity contribution < 1.29 is 14.6 Å². The van der Waals surface area contributed by atoms with Crippen LogP contribution in [0.3, 0.4) is 0 Å². The Morgan fingerprint density at radius 2 is 1.75 bits per heavy atom. The number of fused-ring (bicyclic) bond motifs is 5. The molecule has 160 valence electrons. The van der Waals surface area contributed by atoms with Crippen LogP contribution in [0.1, 0.15) is 91.4 Å². The Bertz CT molecular complexity index is 588. The van der Waals surface area contributed by atoms with Gasteiger partial charge in [0.15, 0.2) is 0 Å². The summed E-state index contributed by atoms with van der Waals surface area (Å²) in [5.74, 6) is 4.21. The summed E-state index contributed by atoms with van der Waals surface area (Å²) < 4.78 is 5.74. The molecule has 6 unspecified atom stereocenters. The van der Waals surface area contributed by atoms with Crippen molar-refractivity contribution in [3.05, 3.63) is 0 Å². The molecule has 0 aromatic heterocycles. The molecule has 1 N–H and O–H groups in total. The number of hydrogen-bond acceptors (Lipinski definition) is 2. The first-order valence-electron chi connectivity index (χ1n) is 12.0. The van der Waals surface area contributed by atoms with E-state index in [1.165, 1.54) is 57.8 Å². The Morgan fingerprint density at radius 3 is 2.46 bits per heavy atom. The number of carboxylic acid groups (broad SMARTS) is 1. The van der Waals surface area contributed by atoms with Gasteiger partial charge in [0.2, 0.25) is 0 Å². The largest absolute Gasteiger partial charge is 0.481 e. The van der Waals surface area contributed by atoms with Crippen molar-refractivity contribution in [2.24, 2.45) is 46.3 Å². The predicted octanol–water partition coefficient (Wildman–Crippen LogP) is 6.16. The SMILES string of the molecule is CO[C@@H]1CC[C@@]2(C)C(CCC3C4CCC(C(C)CCC(=O)O)[C@@]4(C)CCC32)C1. The second-order valence-corrected chi connectivity index (χ2v) is 11.4. The van der Waals surface area contributed by atoms with Gasteiger partial charge < -0.3 is 9.84 Å². The molecule has 4 rings (SSSR count). The lowest BCUT2D eigenvalue weighted by atomic mass is 9.44. The van der Waals surface area contributed by atoms with Crippen molar-refractivity contribution in [3.8, 4) is 0 Å². The zero-order chi connectivity index (χ0) is 20.1. The maximum Gasteiger partial charge on any atom is 0.303 e. The second kappa shape index (κ2) is 7.60. The minimum absolute atomic E-state index is 0.338. The molecule has 3 heteroatoms. The number of rotatable bonds is 5. The van der Waals surface area contributed by atoms with Crippen molar-refractivity contribution in [1.29, 1.82) is 0 Å². The van der Waals surface area contributed by atoms with Gasteiger partial charge in [-0.15, -0.1) is 0 Å². The topological polar surface area (TPSA) is 46.5 Å². The minimum atomic E-state index is -0.631. The molecule has 0 bridgehead atoms. The molecule has 0 aromatic rings. The van der Waals surface area contributed by atoms with E-state index in [-0.39, 0.29) is 0 Å². The number of carboxylic acids is 1. The summed E-state index contributed by atoms with van der Waals surface area (Å²) in [4.78, 5) is 11.1. The molecule has 4 saturated carbocycles. The fourth-order valence-electron chi connectivity index (χ4n) is 8.96. The molecule has 4 aliphatic carbocycles. The van der Waals surface area contributed by atoms with Crippen LogP contribution in [0.5, 0.6) is 0 Å². The van der Waals surface area contributed by atoms with Gasteiger partial charge in [0, 0.05) is 13.5 Å². The van der Waals surface area contributed by atoms with Gasteiger partial charge in [-0.05, 0) is 111 Å². The van der Waals surface area contributed by atoms with Gasteiger partial charge in [-0.25, -0.2) is 0 Å². The van der Waals surface area contributed by atoms with Crippen LogP contribution in [-0.4, -0.2) is 24.3 Å². The molecule has 4 aliphatic rings. The Balaban J connectivity index is 1.50. The van der Waals surface area contributed by atoms with E-state index in [1.54, 1.807) is 0 Å². The molecule has 0 spiro atoms. The van der Waals surface area contributed by atoms with Gasteiger partial charge in [0.25, 0.3) is 0 Å². The number of aliphatic carboxylic acids is 1. The van der Waals surface area contributed by atoms with Crippen molar-refractivity contribution in [2.45, 2.75) is 97.5 Å². The molecular formula is C25H42O3. The second-order valence-electron chi connectivity index (χ2n) is 11.4. The van der Waals surface area contributed by atoms with Gasteiger partial charge in [-0.3, -0.25) is 4.79 Å². The van der Waals surface area contributed by atoms with Crippen molar-refractivity contribution in [3.63, 3.8) is 0 Å². The third-order valence-electron chi connectivity index (χ3n) is 10.5. The molecular weight excluding hydrogens is 348 g/mol. The quantitative estimate of drug-likeness (QED) is 0.611. The highest BCUT2D eigenvalue weighted by Gasteiger charge is 2.60. The van der Waals surface area contributed by atoms with Gasteiger partial charge >= 0.3 is 5.97 Å². The summed E-state index contributed by atoms with van der Waals surface area (Å²) in [5, 5.41) is 9.12. The Labute approximate surface area is 172 Å². The highest BCUT2D eigenvalue weighted by Crippen LogP contribution is 2.68. The fraction of sp³-hybridized carbons (Fsp3) is 0.960. The first-order chi connectivity index (χ1) is 13.3. The van der Waals surface area contributed by atoms with E-state index in [0.717, 1.165) is 36.0 Å². The summed E-state index contributed by atoms with van der Waals surface area (Å²) in [6.45, 7) is 7.54. The number of carbonyl (C=O) groups is 1. The maximum atomic E-state index is 11.1. The van der Waals surface area contributed by atoms with E-state index in [2.05, 4.69) is 20.8 Å². The number of methoxy groups -OCH3 is 1. The summed E-state index contributed by atoms with van der Waals surface area (Å²) in [5.41, 5.74) is 0.984. The third kappa shape index (κ3) is 3.24. The fourth-order valence-corrected chi connectivity index (χ4v) is 8.96. The molecule has 0 aromatic carbocycles. The third-order valence-corrected chi connectivity index (χ3v) is 10.5. The van der Waals surface area contributed by atoms with Gasteiger partial charge in [0.05, 0.1) is 6.10 Å². The molecule has 0 heterocycles. The molecule has 9 atom stereocenters. The first kappa shape index (κ1) is 20.7. The van der Waals surface area contributed by atoms with Gasteiger partial charge in [-0.2, -0.15) is 0 Å². The van der Waals surface area contributed by atoms with Gasteiger partial charge in [0.1, 0.15) is 0 Å². The van der Waals surface area contributed by atoms with Crippen LogP contribution in [0, 0.1) is 46.3 Å². The van der Waals surface area contributed by atoms with Crippen LogP contribution < -0.4 is 0 Å². The maximum absolute atomic E-state index is 11.1. The lowest BCUT2D eigenvalue weighted by Crippen LogP contribution is -2.54. The number of ether oxygens (including phenoxy) is 1. The predicted molar refractivity (Wildman–Crippen MR) is 112 cm³/mol. The molecule has 0 saturated heterocycles. The Hall–Kier alpha value is -0.570. The average molecular weight is 391 g/mol. The highest BCUT2D eigenvalue weighted by molar-refractivity contribution is 5.66. The molecule has 0 radical (unpaired) electrons. The lowest BCUT2D eigenvalue weighted by molar-refractivity contribution is -0.138. The van der Waals surface area contributed by atoms with Gasteiger partial charge in [-0.1, -0.05) is 20.8 Å². The standard InChI is InChI=1S/C25H42O3/c1-16(5-10-23(26)27)20-8-9-21-19-7-6-17-15-18(28-4)11-13-24(17,2)22(19)12-14-25(20,21)3/h16-22H,5-15H2,1-4H3,(H,26,27)/t16?,17?,18-,19?,20?,21?,22?,24+,25-/m1/s1. The monoisotopic (exact) mass is 390 g/mol. The van der Waals surface area contributed by atoms with E-state index in [4.69, 9.17) is 9.84 Å². The van der Waals surface area contributed by atoms with Crippen LogP contribution in [0.25, 0.3) is 0 Å². The van der Waals surface area contributed by atoms with E-state index in [1.807, 2.05) is 7.11 Å². The Kier molecular flexibility index (Phi) is 5.61. The lowest BCUT2D eigenvalue weighted by Gasteiger charge is -2.61. The van der Waals surface area contributed by atoms with E-state index < -0.39 is 5.97 Å². The molecule has 0 aliphatic heterocycles. The van der Waals surface area contributed by atoms with E-state index >= 15 is 0 Å². The summed E-state index contributed by atoms with van der Waals surface area (Å²) in [6.07, 6.45) is 13.9. The zero-order valence-electron chi connectivity index (χ0n) is 18.6. The van der Waals surface area contributed by atoms with Crippen LogP contribution >= 0.6 is 0 Å². The molecule has 4 fully saturated rings. The molecule has 0 amide bonds. The summed E-state index contributed by atoms with van der Waals surface area (Å²) in [6, 6.07) is 0. The van der Waals surface area contributed by atoms with Crippen molar-refractivity contribution >= 4 is 5.97 Å². The number of hydrogen-bond donors (Lipinski definition) is 1. The molecule has 28 heavy (non-hydrogen) atoms. The zero-order valence-corrected chi connectivity index (χ0v) is 18.6. The molecule has 3 nitrogen and oxygen atoms in total. The Morgan fingerprint density at radius 1 is 1.04 bits per heavy atom. The summed E-state index contributed by atoms with van der Waals surface area (Å²) in [7, 11) is 1.90. The van der Waals surface area contributed by atoms with Crippen LogP contribution in [-0.2, 0) is 9.53 Å². The first-order valence-corrected chi connectivity index (χ1v) is 12.0. The summed E-state index contributed by atoms with van der Waals surface area (Å²) >= 11 is 0. The minimum Gasteiger partial charge on any atom is -0.481 e. The average Bonchev–Trinajstić information content (AvgIpc) is 3.02. The highest BCUT2D eigenvalue weighted by atomic mass is 16.5. The smallest absolute Gasteiger partial charge is 0.303 e. The normalized spacial score (nSPS) is 49.0. The van der Waals surface area contributed by atoms with E-state index in [0.29, 0.717) is 29.3 Å². The van der Waals surface area contributed by atoms with Crippen LogP contribution in [0.4, 0.5) is 0 Å². The van der Waals surface area contributed by atoms with Crippen molar-refractivity contribution in [2.75, 3.05) is 7.11 Å². The van der Waals surface area contributed by atoms with Crippen LogP contribution in [0.15, 0.2) is 0 Å².